The smallest absolute Gasteiger partial charge is 0.217 e. The fourth-order valence-electron chi connectivity index (χ4n) is 1.72. The quantitative estimate of drug-likeness (QED) is 0.896. The van der Waals surface area contributed by atoms with Crippen LogP contribution in [0.3, 0.4) is 0 Å². The normalized spacial score (nSPS) is 10.1. The maximum atomic E-state index is 10.8. The zero-order chi connectivity index (χ0) is 13.0. The molecule has 92 valence electrons. The molecule has 0 spiro atoms. The van der Waals surface area contributed by atoms with E-state index >= 15 is 0 Å². The molecule has 0 aliphatic heterocycles. The zero-order valence-electron chi connectivity index (χ0n) is 10.6. The van der Waals surface area contributed by atoms with E-state index in [9.17, 15) is 4.79 Å². The highest BCUT2D eigenvalue weighted by Crippen LogP contribution is 2.17. The third-order valence-electron chi connectivity index (χ3n) is 2.68. The number of aromatic nitrogens is 1. The predicted molar refractivity (Wildman–Crippen MR) is 71.9 cm³/mol. The summed E-state index contributed by atoms with van der Waals surface area (Å²) in [7, 11) is 0. The Hall–Kier alpha value is -2.16. The Morgan fingerprint density at radius 3 is 2.50 bits per heavy atom. The van der Waals surface area contributed by atoms with Crippen molar-refractivity contribution in [3.8, 4) is 11.3 Å². The number of hydrogen-bond donors (Lipinski definition) is 1. The Kier molecular flexibility index (Phi) is 3.72. The van der Waals surface area contributed by atoms with E-state index < -0.39 is 0 Å². The number of hydrogen-bond acceptors (Lipinski definition) is 2. The van der Waals surface area contributed by atoms with Gasteiger partial charge in [0.25, 0.3) is 0 Å². The van der Waals surface area contributed by atoms with Gasteiger partial charge in [-0.25, -0.2) is 0 Å². The lowest BCUT2D eigenvalue weighted by atomic mass is 10.1. The summed E-state index contributed by atoms with van der Waals surface area (Å²) < 4.78 is 0. The van der Waals surface area contributed by atoms with E-state index in [1.807, 2.05) is 49.4 Å². The molecule has 2 aromatic rings. The van der Waals surface area contributed by atoms with Gasteiger partial charge in [-0.15, -0.1) is 0 Å². The number of aryl methyl sites for hydroxylation is 1. The first-order valence-corrected chi connectivity index (χ1v) is 5.92. The number of nitrogens with one attached hydrogen (secondary N) is 1. The van der Waals surface area contributed by atoms with Crippen molar-refractivity contribution in [2.75, 3.05) is 0 Å². The number of carbonyl (C=O) groups excluding carboxylic acids is 1. The maximum Gasteiger partial charge on any atom is 0.217 e. The van der Waals surface area contributed by atoms with Crippen molar-refractivity contribution >= 4 is 5.91 Å². The summed E-state index contributed by atoms with van der Waals surface area (Å²) in [6.45, 7) is 4.07. The van der Waals surface area contributed by atoms with Crippen molar-refractivity contribution < 1.29 is 4.79 Å². The minimum absolute atomic E-state index is 0.0144. The standard InChI is InChI=1S/C15H16N2O/c1-11-4-3-5-15(17-11)14-8-6-13(7-9-14)10-16-12(2)18/h3-9H,10H2,1-2H3,(H,16,18). The SMILES string of the molecule is CC(=O)NCc1ccc(-c2cccc(C)n2)cc1. The summed E-state index contributed by atoms with van der Waals surface area (Å²) in [5.74, 6) is -0.0144. The summed E-state index contributed by atoms with van der Waals surface area (Å²) in [5.41, 5.74) is 4.16. The van der Waals surface area contributed by atoms with E-state index in [1.54, 1.807) is 0 Å². The number of rotatable bonds is 3. The molecule has 1 amide bonds. The van der Waals surface area contributed by atoms with Crippen molar-refractivity contribution in [3.63, 3.8) is 0 Å². The summed E-state index contributed by atoms with van der Waals surface area (Å²) in [6.07, 6.45) is 0. The van der Waals surface area contributed by atoms with Crippen molar-refractivity contribution in [2.24, 2.45) is 0 Å². The van der Waals surface area contributed by atoms with Gasteiger partial charge in [0.1, 0.15) is 0 Å². The van der Waals surface area contributed by atoms with Gasteiger partial charge in [-0.1, -0.05) is 30.3 Å². The monoisotopic (exact) mass is 240 g/mol. The second-order valence-corrected chi connectivity index (χ2v) is 4.27. The van der Waals surface area contributed by atoms with Crippen LogP contribution in [0.2, 0.25) is 0 Å². The van der Waals surface area contributed by atoms with Crippen LogP contribution < -0.4 is 5.32 Å². The molecule has 18 heavy (non-hydrogen) atoms. The molecule has 1 heterocycles. The summed E-state index contributed by atoms with van der Waals surface area (Å²) in [5, 5.41) is 2.78. The lowest BCUT2D eigenvalue weighted by molar-refractivity contribution is -0.119. The fourth-order valence-corrected chi connectivity index (χ4v) is 1.72. The molecule has 1 N–H and O–H groups in total. The topological polar surface area (TPSA) is 42.0 Å². The molecule has 0 radical (unpaired) electrons. The van der Waals surface area contributed by atoms with Crippen LogP contribution in [0.15, 0.2) is 42.5 Å². The fraction of sp³-hybridized carbons (Fsp3) is 0.200. The number of pyridine rings is 1. The van der Waals surface area contributed by atoms with Gasteiger partial charge in [0.2, 0.25) is 5.91 Å². The van der Waals surface area contributed by atoms with Crippen molar-refractivity contribution in [1.82, 2.24) is 10.3 Å². The van der Waals surface area contributed by atoms with Crippen LogP contribution >= 0.6 is 0 Å². The molecular weight excluding hydrogens is 224 g/mol. The van der Waals surface area contributed by atoms with Crippen LogP contribution in [0.1, 0.15) is 18.2 Å². The van der Waals surface area contributed by atoms with Crippen molar-refractivity contribution in [2.45, 2.75) is 20.4 Å². The largest absolute Gasteiger partial charge is 0.352 e. The van der Waals surface area contributed by atoms with Gasteiger partial charge in [-0.3, -0.25) is 9.78 Å². The molecule has 1 aromatic carbocycles. The molecule has 0 fully saturated rings. The molecule has 0 saturated carbocycles. The Morgan fingerprint density at radius 2 is 1.89 bits per heavy atom. The first-order valence-electron chi connectivity index (χ1n) is 5.92. The summed E-state index contributed by atoms with van der Waals surface area (Å²) in [6, 6.07) is 14.1. The molecule has 0 aliphatic carbocycles. The van der Waals surface area contributed by atoms with Crippen LogP contribution in [0, 0.1) is 6.92 Å². The van der Waals surface area contributed by atoms with E-state index in [0.717, 1.165) is 22.5 Å². The van der Waals surface area contributed by atoms with Crippen LogP contribution in [0.5, 0.6) is 0 Å². The third-order valence-corrected chi connectivity index (χ3v) is 2.68. The Labute approximate surface area is 107 Å². The number of nitrogens with zero attached hydrogens (tertiary/aromatic N) is 1. The van der Waals surface area contributed by atoms with Crippen molar-refractivity contribution in [1.29, 1.82) is 0 Å². The van der Waals surface area contributed by atoms with Gasteiger partial charge < -0.3 is 5.32 Å². The highest BCUT2D eigenvalue weighted by atomic mass is 16.1. The second kappa shape index (κ2) is 5.45. The molecule has 3 heteroatoms. The molecule has 2 rings (SSSR count). The molecule has 0 atom stereocenters. The lowest BCUT2D eigenvalue weighted by Gasteiger charge is -2.05. The van der Waals surface area contributed by atoms with Crippen LogP contribution in [0.4, 0.5) is 0 Å². The van der Waals surface area contributed by atoms with Gasteiger partial charge in [0, 0.05) is 24.7 Å². The molecule has 0 saturated heterocycles. The Balaban J connectivity index is 2.14. The van der Waals surface area contributed by atoms with Gasteiger partial charge in [0.05, 0.1) is 5.69 Å². The van der Waals surface area contributed by atoms with Crippen molar-refractivity contribution in [3.05, 3.63) is 53.7 Å². The minimum atomic E-state index is -0.0144. The molecule has 1 aromatic heterocycles. The van der Waals surface area contributed by atoms with Gasteiger partial charge in [0.15, 0.2) is 0 Å². The van der Waals surface area contributed by atoms with E-state index in [-0.39, 0.29) is 5.91 Å². The molecule has 0 bridgehead atoms. The maximum absolute atomic E-state index is 10.8. The molecule has 3 nitrogen and oxygen atoms in total. The Bertz CT molecular complexity index is 547. The van der Waals surface area contributed by atoms with Crippen LogP contribution in [-0.2, 0) is 11.3 Å². The zero-order valence-corrected chi connectivity index (χ0v) is 10.6. The van der Waals surface area contributed by atoms with Crippen LogP contribution in [-0.4, -0.2) is 10.9 Å². The first-order chi connectivity index (χ1) is 8.65. The third kappa shape index (κ3) is 3.17. The first kappa shape index (κ1) is 12.3. The van der Waals surface area contributed by atoms with E-state index in [2.05, 4.69) is 10.3 Å². The van der Waals surface area contributed by atoms with E-state index in [1.165, 1.54) is 6.92 Å². The van der Waals surface area contributed by atoms with Crippen LogP contribution in [0.25, 0.3) is 11.3 Å². The van der Waals surface area contributed by atoms with E-state index in [4.69, 9.17) is 0 Å². The highest BCUT2D eigenvalue weighted by molar-refractivity contribution is 5.72. The number of benzene rings is 1. The lowest BCUT2D eigenvalue weighted by Crippen LogP contribution is -2.18. The average Bonchev–Trinajstić information content (AvgIpc) is 2.37. The van der Waals surface area contributed by atoms with E-state index in [0.29, 0.717) is 6.54 Å². The average molecular weight is 240 g/mol. The molecule has 0 aliphatic rings. The Morgan fingerprint density at radius 1 is 1.17 bits per heavy atom. The summed E-state index contributed by atoms with van der Waals surface area (Å²) in [4.78, 5) is 15.3. The molecule has 0 unspecified atom stereocenters. The minimum Gasteiger partial charge on any atom is -0.352 e. The summed E-state index contributed by atoms with van der Waals surface area (Å²) >= 11 is 0. The van der Waals surface area contributed by atoms with Gasteiger partial charge in [-0.2, -0.15) is 0 Å². The number of amides is 1. The molecular formula is C15H16N2O. The second-order valence-electron chi connectivity index (χ2n) is 4.27. The van der Waals surface area contributed by atoms with Gasteiger partial charge >= 0.3 is 0 Å². The highest BCUT2D eigenvalue weighted by Gasteiger charge is 2.00. The predicted octanol–water partition coefficient (Wildman–Crippen LogP) is 2.69. The number of carbonyl (C=O) groups is 1. The van der Waals surface area contributed by atoms with Gasteiger partial charge in [-0.05, 0) is 24.6 Å².